The van der Waals surface area contributed by atoms with Gasteiger partial charge < -0.3 is 13.9 Å². The van der Waals surface area contributed by atoms with Crippen LogP contribution in [0, 0.1) is 3.77 Å². The summed E-state index contributed by atoms with van der Waals surface area (Å²) in [5.74, 6) is 1.19. The van der Waals surface area contributed by atoms with Gasteiger partial charge in [-0.15, -0.1) is 0 Å². The van der Waals surface area contributed by atoms with E-state index in [-0.39, 0.29) is 5.91 Å². The first kappa shape index (κ1) is 15.4. The number of amides is 1. The summed E-state index contributed by atoms with van der Waals surface area (Å²) in [7, 11) is 3.03. The number of hydrazone groups is 1. The fourth-order valence-electron chi connectivity index (χ4n) is 1.60. The van der Waals surface area contributed by atoms with Gasteiger partial charge in [0.25, 0.3) is 5.91 Å². The van der Waals surface area contributed by atoms with E-state index in [9.17, 15) is 4.79 Å². The molecule has 0 fully saturated rings. The molecule has 1 aromatic carbocycles. The summed E-state index contributed by atoms with van der Waals surface area (Å²) in [4.78, 5) is 12.0. The van der Waals surface area contributed by atoms with E-state index >= 15 is 0 Å². The van der Waals surface area contributed by atoms with Gasteiger partial charge in [0.2, 0.25) is 0 Å². The lowest BCUT2D eigenvalue weighted by molar-refractivity contribution is 0.0952. The monoisotopic (exact) mass is 400 g/mol. The molecule has 21 heavy (non-hydrogen) atoms. The zero-order valence-electron chi connectivity index (χ0n) is 11.4. The maximum absolute atomic E-state index is 12.0. The van der Waals surface area contributed by atoms with Gasteiger partial charge in [-0.1, -0.05) is 0 Å². The number of benzene rings is 1. The highest BCUT2D eigenvalue weighted by Crippen LogP contribution is 2.24. The third kappa shape index (κ3) is 3.97. The number of carbonyl (C=O) groups is 1. The highest BCUT2D eigenvalue weighted by molar-refractivity contribution is 14.1. The first-order chi connectivity index (χ1) is 10.1. The Hall–Kier alpha value is -2.03. The normalized spacial score (nSPS) is 10.6. The Labute approximate surface area is 135 Å². The maximum Gasteiger partial charge on any atom is 0.275 e. The predicted octanol–water partition coefficient (Wildman–Crippen LogP) is 2.67. The number of carbonyl (C=O) groups excluding carboxylic acids is 1. The molecule has 1 heterocycles. The topological polar surface area (TPSA) is 73.1 Å². The van der Waals surface area contributed by atoms with Gasteiger partial charge in [-0.05, 0) is 46.9 Å². The zero-order chi connectivity index (χ0) is 15.2. The van der Waals surface area contributed by atoms with Gasteiger partial charge in [-0.2, -0.15) is 5.10 Å². The van der Waals surface area contributed by atoms with Gasteiger partial charge in [-0.25, -0.2) is 5.43 Å². The lowest BCUT2D eigenvalue weighted by Gasteiger charge is -2.08. The smallest absolute Gasteiger partial charge is 0.275 e. The molecule has 0 unspecified atom stereocenters. The van der Waals surface area contributed by atoms with E-state index in [4.69, 9.17) is 13.9 Å². The van der Waals surface area contributed by atoms with E-state index in [0.717, 1.165) is 3.77 Å². The van der Waals surface area contributed by atoms with Gasteiger partial charge in [0.15, 0.2) is 3.77 Å². The van der Waals surface area contributed by atoms with Crippen molar-refractivity contribution in [2.45, 2.75) is 0 Å². The van der Waals surface area contributed by atoms with Crippen LogP contribution in [-0.2, 0) is 0 Å². The molecule has 0 bridgehead atoms. The van der Waals surface area contributed by atoms with E-state index in [0.29, 0.717) is 22.8 Å². The third-order valence-corrected chi connectivity index (χ3v) is 3.18. The molecule has 0 saturated carbocycles. The molecule has 1 amide bonds. The van der Waals surface area contributed by atoms with Crippen LogP contribution >= 0.6 is 22.6 Å². The Balaban J connectivity index is 2.08. The number of furan rings is 1. The Morgan fingerprint density at radius 3 is 2.71 bits per heavy atom. The summed E-state index contributed by atoms with van der Waals surface area (Å²) >= 11 is 2.05. The van der Waals surface area contributed by atoms with E-state index < -0.39 is 0 Å². The summed E-state index contributed by atoms with van der Waals surface area (Å²) in [6.07, 6.45) is 1.43. The van der Waals surface area contributed by atoms with Crippen molar-refractivity contribution in [1.29, 1.82) is 0 Å². The molecule has 0 aliphatic carbocycles. The number of rotatable bonds is 5. The van der Waals surface area contributed by atoms with Gasteiger partial charge >= 0.3 is 0 Å². The number of methoxy groups -OCH3 is 2. The lowest BCUT2D eigenvalue weighted by atomic mass is 10.2. The summed E-state index contributed by atoms with van der Waals surface area (Å²) in [6.45, 7) is 0. The summed E-state index contributed by atoms with van der Waals surface area (Å²) in [5.41, 5.74) is 2.78. The van der Waals surface area contributed by atoms with Crippen molar-refractivity contribution in [3.63, 3.8) is 0 Å². The fraction of sp³-hybridized carbons (Fsp3) is 0.143. The number of nitrogens with one attached hydrogen (secondary N) is 1. The fourth-order valence-corrected chi connectivity index (χ4v) is 2.03. The standard InChI is InChI=1S/C14H13IN2O4/c1-19-9-3-5-11(12(7-9)20-2)14(18)17-16-8-10-4-6-13(15)21-10/h3-8H,1-2H3,(H,17,18). The second-order valence-electron chi connectivity index (χ2n) is 3.91. The Bertz CT molecular complexity index is 667. The minimum Gasteiger partial charge on any atom is -0.497 e. The highest BCUT2D eigenvalue weighted by atomic mass is 127. The summed E-state index contributed by atoms with van der Waals surface area (Å²) < 4.78 is 16.3. The number of nitrogens with zero attached hydrogens (tertiary/aromatic N) is 1. The molecule has 0 aliphatic rings. The molecule has 0 spiro atoms. The Kier molecular flexibility index (Phi) is 5.20. The largest absolute Gasteiger partial charge is 0.497 e. The van der Waals surface area contributed by atoms with Crippen molar-refractivity contribution in [1.82, 2.24) is 5.43 Å². The molecular formula is C14H13IN2O4. The molecular weight excluding hydrogens is 387 g/mol. The molecule has 110 valence electrons. The molecule has 0 aliphatic heterocycles. The second kappa shape index (κ2) is 7.11. The van der Waals surface area contributed by atoms with Crippen molar-refractivity contribution in [3.8, 4) is 11.5 Å². The minimum atomic E-state index is -0.382. The van der Waals surface area contributed by atoms with Crippen molar-refractivity contribution >= 4 is 34.7 Å². The highest BCUT2D eigenvalue weighted by Gasteiger charge is 2.12. The lowest BCUT2D eigenvalue weighted by Crippen LogP contribution is -2.18. The molecule has 6 nitrogen and oxygen atoms in total. The van der Waals surface area contributed by atoms with Crippen LogP contribution in [0.2, 0.25) is 0 Å². The van der Waals surface area contributed by atoms with Crippen molar-refractivity contribution in [3.05, 3.63) is 45.4 Å². The van der Waals surface area contributed by atoms with E-state index in [1.807, 2.05) is 22.6 Å². The second-order valence-corrected chi connectivity index (χ2v) is 4.97. The molecule has 1 aromatic heterocycles. The van der Waals surface area contributed by atoms with E-state index in [2.05, 4.69) is 10.5 Å². The summed E-state index contributed by atoms with van der Waals surface area (Å²) in [5, 5.41) is 3.84. The minimum absolute atomic E-state index is 0.365. The van der Waals surface area contributed by atoms with Gasteiger partial charge in [0.05, 0.1) is 26.0 Å². The molecule has 0 saturated heterocycles. The molecule has 1 N–H and O–H groups in total. The number of hydrogen-bond acceptors (Lipinski definition) is 5. The van der Waals surface area contributed by atoms with Crippen molar-refractivity contribution < 1.29 is 18.7 Å². The number of ether oxygens (including phenoxy) is 2. The maximum atomic E-state index is 12.0. The van der Waals surface area contributed by atoms with Crippen molar-refractivity contribution in [2.24, 2.45) is 5.10 Å². The SMILES string of the molecule is COc1ccc(C(=O)NN=Cc2ccc(I)o2)c(OC)c1. The van der Waals surface area contributed by atoms with Crippen LogP contribution in [0.4, 0.5) is 0 Å². The first-order valence-electron chi connectivity index (χ1n) is 5.95. The predicted molar refractivity (Wildman–Crippen MR) is 86.0 cm³/mol. The molecule has 0 radical (unpaired) electrons. The molecule has 0 atom stereocenters. The third-order valence-electron chi connectivity index (χ3n) is 2.61. The Morgan fingerprint density at radius 1 is 1.29 bits per heavy atom. The van der Waals surface area contributed by atoms with Gasteiger partial charge in [0, 0.05) is 6.07 Å². The van der Waals surface area contributed by atoms with Gasteiger partial charge in [0.1, 0.15) is 17.3 Å². The van der Waals surface area contributed by atoms with Crippen LogP contribution in [0.1, 0.15) is 16.1 Å². The first-order valence-corrected chi connectivity index (χ1v) is 7.02. The number of halogens is 1. The van der Waals surface area contributed by atoms with E-state index in [1.165, 1.54) is 13.3 Å². The van der Waals surface area contributed by atoms with Crippen LogP contribution in [0.3, 0.4) is 0 Å². The quantitative estimate of drug-likeness (QED) is 0.476. The van der Waals surface area contributed by atoms with Crippen LogP contribution < -0.4 is 14.9 Å². The average Bonchev–Trinajstić information content (AvgIpc) is 2.91. The van der Waals surface area contributed by atoms with Crippen LogP contribution in [-0.4, -0.2) is 26.3 Å². The summed E-state index contributed by atoms with van der Waals surface area (Å²) in [6, 6.07) is 8.48. The zero-order valence-corrected chi connectivity index (χ0v) is 13.6. The molecule has 2 aromatic rings. The average molecular weight is 400 g/mol. The molecule has 2 rings (SSSR count). The van der Waals surface area contributed by atoms with Crippen LogP contribution in [0.25, 0.3) is 0 Å². The van der Waals surface area contributed by atoms with Gasteiger partial charge in [-0.3, -0.25) is 4.79 Å². The number of hydrogen-bond donors (Lipinski definition) is 1. The van der Waals surface area contributed by atoms with Crippen LogP contribution in [0.15, 0.2) is 39.9 Å². The van der Waals surface area contributed by atoms with E-state index in [1.54, 1.807) is 37.4 Å². The molecule has 7 heteroatoms. The van der Waals surface area contributed by atoms with Crippen molar-refractivity contribution in [2.75, 3.05) is 14.2 Å². The Morgan fingerprint density at radius 2 is 2.10 bits per heavy atom. The van der Waals surface area contributed by atoms with Crippen LogP contribution in [0.5, 0.6) is 11.5 Å².